The van der Waals surface area contributed by atoms with E-state index in [1.54, 1.807) is 18.2 Å². The van der Waals surface area contributed by atoms with Gasteiger partial charge in [0.1, 0.15) is 4.88 Å². The molecule has 0 atom stereocenters. The van der Waals surface area contributed by atoms with Gasteiger partial charge >= 0.3 is 0 Å². The molecule has 2 amide bonds. The van der Waals surface area contributed by atoms with Gasteiger partial charge in [0.15, 0.2) is 0 Å². The Morgan fingerprint density at radius 1 is 1.39 bits per heavy atom. The standard InChI is InChI=1S/C11H10ClN3O2S/c12-5-1-2-7-6(3-5)9(14)10(18-7)11(17)15-4-8(13)16/h1-3H,4,14H2,(H2,13,16)(H,15,17). The van der Waals surface area contributed by atoms with Crippen LogP contribution in [0.5, 0.6) is 0 Å². The van der Waals surface area contributed by atoms with E-state index >= 15 is 0 Å². The summed E-state index contributed by atoms with van der Waals surface area (Å²) >= 11 is 7.11. The SMILES string of the molecule is NC(=O)CNC(=O)c1sc2ccc(Cl)cc2c1N. The number of hydrogen-bond donors (Lipinski definition) is 3. The van der Waals surface area contributed by atoms with Gasteiger partial charge in [-0.2, -0.15) is 0 Å². The number of nitrogens with two attached hydrogens (primary N) is 2. The topological polar surface area (TPSA) is 98.2 Å². The maximum atomic E-state index is 11.8. The minimum atomic E-state index is -0.605. The number of hydrogen-bond acceptors (Lipinski definition) is 4. The van der Waals surface area contributed by atoms with E-state index < -0.39 is 11.8 Å². The summed E-state index contributed by atoms with van der Waals surface area (Å²) in [6.45, 7) is -0.215. The van der Waals surface area contributed by atoms with Gasteiger partial charge in [0, 0.05) is 15.1 Å². The summed E-state index contributed by atoms with van der Waals surface area (Å²) in [7, 11) is 0. The van der Waals surface area contributed by atoms with Crippen LogP contribution in [-0.2, 0) is 4.79 Å². The van der Waals surface area contributed by atoms with Crippen molar-refractivity contribution in [1.82, 2.24) is 5.32 Å². The molecular weight excluding hydrogens is 274 g/mol. The van der Waals surface area contributed by atoms with Gasteiger partial charge in [0.2, 0.25) is 5.91 Å². The minimum absolute atomic E-state index is 0.215. The van der Waals surface area contributed by atoms with Crippen molar-refractivity contribution in [2.75, 3.05) is 12.3 Å². The van der Waals surface area contributed by atoms with Crippen molar-refractivity contribution in [3.05, 3.63) is 28.1 Å². The number of anilines is 1. The first-order valence-corrected chi connectivity index (χ1v) is 6.22. The highest BCUT2D eigenvalue weighted by Crippen LogP contribution is 2.35. The number of thiophene rings is 1. The van der Waals surface area contributed by atoms with Gasteiger partial charge in [0.05, 0.1) is 12.2 Å². The van der Waals surface area contributed by atoms with Crippen LogP contribution in [0.3, 0.4) is 0 Å². The second kappa shape index (κ2) is 4.83. The van der Waals surface area contributed by atoms with Crippen molar-refractivity contribution in [3.63, 3.8) is 0 Å². The maximum Gasteiger partial charge on any atom is 0.263 e. The molecule has 0 fully saturated rings. The number of rotatable bonds is 3. The molecule has 0 spiro atoms. The lowest BCUT2D eigenvalue weighted by molar-refractivity contribution is -0.117. The van der Waals surface area contributed by atoms with Gasteiger partial charge in [-0.05, 0) is 18.2 Å². The number of primary amides is 1. The van der Waals surface area contributed by atoms with Crippen molar-refractivity contribution in [3.8, 4) is 0 Å². The zero-order valence-electron chi connectivity index (χ0n) is 9.20. The summed E-state index contributed by atoms with van der Waals surface area (Å²) in [5.74, 6) is -1.02. The highest BCUT2D eigenvalue weighted by atomic mass is 35.5. The normalized spacial score (nSPS) is 10.5. The third-order valence-electron chi connectivity index (χ3n) is 2.32. The molecular formula is C11H10ClN3O2S. The third kappa shape index (κ3) is 2.39. The quantitative estimate of drug-likeness (QED) is 0.793. The van der Waals surface area contributed by atoms with E-state index in [1.165, 1.54) is 11.3 Å². The first-order valence-electron chi connectivity index (χ1n) is 5.03. The monoisotopic (exact) mass is 283 g/mol. The lowest BCUT2D eigenvalue weighted by Gasteiger charge is -2.00. The molecule has 7 heteroatoms. The second-order valence-corrected chi connectivity index (χ2v) is 5.12. The molecule has 0 aliphatic carbocycles. The molecule has 0 aliphatic rings. The zero-order chi connectivity index (χ0) is 13.3. The van der Waals surface area contributed by atoms with Crippen molar-refractivity contribution in [2.45, 2.75) is 0 Å². The van der Waals surface area contributed by atoms with E-state index in [4.69, 9.17) is 23.1 Å². The first kappa shape index (κ1) is 12.7. The molecule has 0 saturated heterocycles. The Kier molecular flexibility index (Phi) is 3.40. The minimum Gasteiger partial charge on any atom is -0.397 e. The van der Waals surface area contributed by atoms with E-state index in [0.29, 0.717) is 15.6 Å². The fraction of sp³-hybridized carbons (Fsp3) is 0.0909. The Labute approximate surface area is 112 Å². The van der Waals surface area contributed by atoms with E-state index in [0.717, 1.165) is 10.1 Å². The van der Waals surface area contributed by atoms with Crippen LogP contribution in [0.15, 0.2) is 18.2 Å². The number of carbonyl (C=O) groups excluding carboxylic acids is 2. The summed E-state index contributed by atoms with van der Waals surface area (Å²) in [6, 6.07) is 5.22. The molecule has 18 heavy (non-hydrogen) atoms. The van der Waals surface area contributed by atoms with Gasteiger partial charge in [-0.1, -0.05) is 11.6 Å². The average Bonchev–Trinajstić information content (AvgIpc) is 2.64. The maximum absolute atomic E-state index is 11.8. The van der Waals surface area contributed by atoms with E-state index in [-0.39, 0.29) is 6.54 Å². The van der Waals surface area contributed by atoms with E-state index in [9.17, 15) is 9.59 Å². The Hall–Kier alpha value is -1.79. The number of amides is 2. The zero-order valence-corrected chi connectivity index (χ0v) is 10.8. The predicted molar refractivity (Wildman–Crippen MR) is 72.8 cm³/mol. The largest absolute Gasteiger partial charge is 0.397 e. The Morgan fingerprint density at radius 2 is 2.11 bits per heavy atom. The molecule has 0 bridgehead atoms. The van der Waals surface area contributed by atoms with Crippen LogP contribution in [0.2, 0.25) is 5.02 Å². The average molecular weight is 284 g/mol. The summed E-state index contributed by atoms with van der Waals surface area (Å²) in [5.41, 5.74) is 11.2. The Balaban J connectivity index is 2.36. The Bertz CT molecular complexity index is 638. The number of benzene rings is 1. The van der Waals surface area contributed by atoms with E-state index in [2.05, 4.69) is 5.32 Å². The van der Waals surface area contributed by atoms with Crippen LogP contribution in [0.25, 0.3) is 10.1 Å². The summed E-state index contributed by atoms with van der Waals surface area (Å²) in [4.78, 5) is 22.8. The molecule has 0 aliphatic heterocycles. The molecule has 0 radical (unpaired) electrons. The molecule has 1 aromatic carbocycles. The first-order chi connectivity index (χ1) is 8.49. The van der Waals surface area contributed by atoms with E-state index in [1.807, 2.05) is 0 Å². The van der Waals surface area contributed by atoms with Gasteiger partial charge < -0.3 is 16.8 Å². The number of fused-ring (bicyclic) bond motifs is 1. The second-order valence-electron chi connectivity index (χ2n) is 3.63. The van der Waals surface area contributed by atoms with Gasteiger partial charge in [-0.3, -0.25) is 9.59 Å². The summed E-state index contributed by atoms with van der Waals surface area (Å²) in [5, 5.41) is 3.68. The summed E-state index contributed by atoms with van der Waals surface area (Å²) < 4.78 is 0.862. The van der Waals surface area contributed by atoms with Crippen LogP contribution in [0.4, 0.5) is 5.69 Å². The van der Waals surface area contributed by atoms with Crippen molar-refractivity contribution in [2.24, 2.45) is 5.73 Å². The molecule has 1 aromatic heterocycles. The molecule has 0 unspecified atom stereocenters. The molecule has 1 heterocycles. The van der Waals surface area contributed by atoms with Crippen LogP contribution < -0.4 is 16.8 Å². The number of carbonyl (C=O) groups is 2. The molecule has 2 rings (SSSR count). The molecule has 5 N–H and O–H groups in total. The van der Waals surface area contributed by atoms with Crippen molar-refractivity contribution in [1.29, 1.82) is 0 Å². The lowest BCUT2D eigenvalue weighted by Crippen LogP contribution is -2.33. The van der Waals surface area contributed by atoms with Crippen molar-refractivity contribution < 1.29 is 9.59 Å². The number of nitrogen functional groups attached to an aromatic ring is 1. The summed E-state index contributed by atoms with van der Waals surface area (Å²) in [6.07, 6.45) is 0. The fourth-order valence-corrected chi connectivity index (χ4v) is 2.70. The predicted octanol–water partition coefficient (Wildman–Crippen LogP) is 1.35. The third-order valence-corrected chi connectivity index (χ3v) is 3.74. The van der Waals surface area contributed by atoms with Crippen LogP contribution in [-0.4, -0.2) is 18.4 Å². The number of halogens is 1. The van der Waals surface area contributed by atoms with Crippen LogP contribution >= 0.6 is 22.9 Å². The number of nitrogens with one attached hydrogen (secondary N) is 1. The van der Waals surface area contributed by atoms with Crippen LogP contribution in [0.1, 0.15) is 9.67 Å². The van der Waals surface area contributed by atoms with Crippen LogP contribution in [0, 0.1) is 0 Å². The highest BCUT2D eigenvalue weighted by Gasteiger charge is 2.16. The Morgan fingerprint density at radius 3 is 2.78 bits per heavy atom. The van der Waals surface area contributed by atoms with Gasteiger partial charge in [0.25, 0.3) is 5.91 Å². The lowest BCUT2D eigenvalue weighted by atomic mass is 10.2. The highest BCUT2D eigenvalue weighted by molar-refractivity contribution is 7.21. The molecule has 94 valence electrons. The molecule has 5 nitrogen and oxygen atoms in total. The molecule has 0 saturated carbocycles. The van der Waals surface area contributed by atoms with Gasteiger partial charge in [-0.15, -0.1) is 11.3 Å². The fourth-order valence-electron chi connectivity index (χ4n) is 1.51. The molecule has 2 aromatic rings. The van der Waals surface area contributed by atoms with Crippen molar-refractivity contribution >= 4 is 50.5 Å². The van der Waals surface area contributed by atoms with Gasteiger partial charge in [-0.25, -0.2) is 0 Å². The smallest absolute Gasteiger partial charge is 0.263 e.